The number of carbonyl (C=O) groups excluding carboxylic acids is 2. The van der Waals surface area contributed by atoms with Gasteiger partial charge in [0.05, 0.1) is 43.1 Å². The molecular formula is C21H26O12. The molecule has 10 atom stereocenters. The molecule has 1 spiro atoms. The molecule has 1 aliphatic carbocycles. The van der Waals surface area contributed by atoms with Gasteiger partial charge in [0.25, 0.3) is 0 Å². The van der Waals surface area contributed by atoms with Gasteiger partial charge in [-0.15, -0.1) is 0 Å². The van der Waals surface area contributed by atoms with E-state index in [0.29, 0.717) is 0 Å². The van der Waals surface area contributed by atoms with E-state index in [2.05, 4.69) is 0 Å². The van der Waals surface area contributed by atoms with Crippen LogP contribution >= 0.6 is 0 Å². The van der Waals surface area contributed by atoms with Crippen LogP contribution in [0, 0.1) is 11.8 Å². The Bertz CT molecular complexity index is 892. The molecule has 0 unspecified atom stereocenters. The summed E-state index contributed by atoms with van der Waals surface area (Å²) in [7, 11) is 1.20. The predicted octanol–water partition coefficient (Wildman–Crippen LogP) is -2.38. The molecule has 0 bridgehead atoms. The van der Waals surface area contributed by atoms with Gasteiger partial charge in [0.15, 0.2) is 11.9 Å². The minimum Gasteiger partial charge on any atom is -0.471 e. The second kappa shape index (κ2) is 8.80. The lowest BCUT2D eigenvalue weighted by Crippen LogP contribution is -2.60. The molecule has 5 N–H and O–H groups in total. The number of rotatable bonds is 5. The van der Waals surface area contributed by atoms with Gasteiger partial charge in [0.2, 0.25) is 6.29 Å². The van der Waals surface area contributed by atoms with Crippen LogP contribution in [0.3, 0.4) is 0 Å². The smallest absolute Gasteiger partial charge is 0.337 e. The summed E-state index contributed by atoms with van der Waals surface area (Å²) in [5.74, 6) is -3.03. The Morgan fingerprint density at radius 2 is 1.94 bits per heavy atom. The van der Waals surface area contributed by atoms with Crippen LogP contribution in [0.1, 0.15) is 6.92 Å². The van der Waals surface area contributed by atoms with Gasteiger partial charge in [-0.05, 0) is 19.1 Å². The normalized spacial score (nSPS) is 42.8. The third kappa shape index (κ3) is 3.87. The molecule has 1 fully saturated rings. The lowest BCUT2D eigenvalue weighted by Gasteiger charge is -2.44. The Balaban J connectivity index is 1.67. The van der Waals surface area contributed by atoms with Crippen LogP contribution in [0.15, 0.2) is 35.6 Å². The Morgan fingerprint density at radius 1 is 1.21 bits per heavy atom. The standard InChI is InChI=1S/C21H26O12/c1-8(23)10-5-21(33-18(10)28)4-3-9-11(17(27)29-2)7-30-19(13(9)21)32-20-16(26)15(25)14(24)12(6-22)31-20/h3-5,7-9,12-16,19-20,22-26H,6H2,1-2H3/t8-,9+,12+,13+,14+,15-,16+,19-,20-,21+/m1/s1. The van der Waals surface area contributed by atoms with Crippen molar-refractivity contribution in [1.82, 2.24) is 0 Å². The number of methoxy groups -OCH3 is 1. The van der Waals surface area contributed by atoms with E-state index >= 15 is 0 Å². The van der Waals surface area contributed by atoms with E-state index < -0.39 is 79.1 Å². The average molecular weight is 470 g/mol. The van der Waals surface area contributed by atoms with Crippen LogP contribution in [-0.4, -0.2) is 99.9 Å². The molecule has 0 saturated carbocycles. The molecule has 33 heavy (non-hydrogen) atoms. The topological polar surface area (TPSA) is 181 Å². The van der Waals surface area contributed by atoms with Crippen molar-refractivity contribution in [1.29, 1.82) is 0 Å². The Morgan fingerprint density at radius 3 is 2.55 bits per heavy atom. The van der Waals surface area contributed by atoms with Gasteiger partial charge in [-0.3, -0.25) is 0 Å². The fraction of sp³-hybridized carbons (Fsp3) is 0.619. The minimum absolute atomic E-state index is 0.0149. The molecule has 0 aromatic heterocycles. The number of esters is 2. The largest absolute Gasteiger partial charge is 0.471 e. The zero-order valence-electron chi connectivity index (χ0n) is 17.8. The van der Waals surface area contributed by atoms with E-state index in [4.69, 9.17) is 23.7 Å². The van der Waals surface area contributed by atoms with Gasteiger partial charge in [-0.25, -0.2) is 9.59 Å². The van der Waals surface area contributed by atoms with Gasteiger partial charge in [-0.2, -0.15) is 0 Å². The first-order chi connectivity index (χ1) is 15.6. The van der Waals surface area contributed by atoms with Crippen LogP contribution in [0.5, 0.6) is 0 Å². The number of aliphatic hydroxyl groups excluding tert-OH is 5. The summed E-state index contributed by atoms with van der Waals surface area (Å²) < 4.78 is 27.2. The number of hydrogen-bond donors (Lipinski definition) is 5. The van der Waals surface area contributed by atoms with E-state index in [1.54, 1.807) is 12.2 Å². The molecule has 182 valence electrons. The Hall–Kier alpha value is -2.32. The number of ether oxygens (including phenoxy) is 5. The molecule has 4 rings (SSSR count). The Labute approximate surface area is 188 Å². The number of fused-ring (bicyclic) bond motifs is 2. The summed E-state index contributed by atoms with van der Waals surface area (Å²) in [6.45, 7) is 0.750. The maximum absolute atomic E-state index is 12.4. The first-order valence-electron chi connectivity index (χ1n) is 10.4. The number of allylic oxidation sites excluding steroid dienone is 1. The van der Waals surface area contributed by atoms with Crippen LogP contribution in [0.25, 0.3) is 0 Å². The van der Waals surface area contributed by atoms with Gasteiger partial charge >= 0.3 is 11.9 Å². The molecule has 1 saturated heterocycles. The molecule has 0 amide bonds. The second-order valence-corrected chi connectivity index (χ2v) is 8.33. The molecule has 12 heteroatoms. The molecule has 3 heterocycles. The first-order valence-corrected chi connectivity index (χ1v) is 10.4. The highest BCUT2D eigenvalue weighted by molar-refractivity contribution is 5.94. The second-order valence-electron chi connectivity index (χ2n) is 8.33. The summed E-state index contributed by atoms with van der Waals surface area (Å²) in [4.78, 5) is 24.7. The van der Waals surface area contributed by atoms with Crippen LogP contribution in [0.4, 0.5) is 0 Å². The van der Waals surface area contributed by atoms with Crippen molar-refractivity contribution in [3.05, 3.63) is 35.6 Å². The average Bonchev–Trinajstić information content (AvgIpc) is 3.34. The molecule has 0 radical (unpaired) electrons. The molecule has 0 aromatic carbocycles. The fourth-order valence-electron chi connectivity index (χ4n) is 4.57. The van der Waals surface area contributed by atoms with Crippen LogP contribution in [0.2, 0.25) is 0 Å². The van der Waals surface area contributed by atoms with Crippen molar-refractivity contribution < 1.29 is 58.8 Å². The van der Waals surface area contributed by atoms with Gasteiger partial charge < -0.3 is 49.2 Å². The van der Waals surface area contributed by atoms with E-state index in [9.17, 15) is 35.1 Å². The van der Waals surface area contributed by atoms with Crippen molar-refractivity contribution in [2.45, 2.75) is 55.6 Å². The lowest BCUT2D eigenvalue weighted by atomic mass is 9.78. The minimum atomic E-state index is -1.70. The van der Waals surface area contributed by atoms with Crippen molar-refractivity contribution in [3.8, 4) is 0 Å². The first kappa shape index (κ1) is 23.8. The highest BCUT2D eigenvalue weighted by Crippen LogP contribution is 2.50. The van der Waals surface area contributed by atoms with Crippen molar-refractivity contribution in [2.24, 2.45) is 11.8 Å². The summed E-state index contributed by atoms with van der Waals surface area (Å²) in [6.07, 6.45) is -4.38. The monoisotopic (exact) mass is 470 g/mol. The molecular weight excluding hydrogens is 444 g/mol. The maximum Gasteiger partial charge on any atom is 0.337 e. The van der Waals surface area contributed by atoms with Crippen molar-refractivity contribution >= 4 is 11.9 Å². The zero-order valence-corrected chi connectivity index (χ0v) is 17.8. The van der Waals surface area contributed by atoms with E-state index in [1.165, 1.54) is 20.1 Å². The van der Waals surface area contributed by atoms with Gasteiger partial charge in [-0.1, -0.05) is 6.08 Å². The highest BCUT2D eigenvalue weighted by Gasteiger charge is 2.59. The van der Waals surface area contributed by atoms with Crippen molar-refractivity contribution in [2.75, 3.05) is 13.7 Å². The molecule has 4 aliphatic rings. The molecule has 3 aliphatic heterocycles. The lowest BCUT2D eigenvalue weighted by molar-refractivity contribution is -0.344. The zero-order chi connectivity index (χ0) is 24.1. The number of carbonyl (C=O) groups is 2. The van der Waals surface area contributed by atoms with E-state index in [0.717, 1.165) is 6.26 Å². The third-order valence-electron chi connectivity index (χ3n) is 6.33. The SMILES string of the molecule is COC(=O)C1=CO[C@H](O[C@H]2O[C@@H](CO)[C@H](O)[C@@H](O)[C@@H]2O)[C@@H]2[C@H]1C=C[C@]21C=C([C@@H](C)O)C(=O)O1. The predicted molar refractivity (Wildman–Crippen MR) is 105 cm³/mol. The summed E-state index contributed by atoms with van der Waals surface area (Å²) >= 11 is 0. The Kier molecular flexibility index (Phi) is 6.35. The van der Waals surface area contributed by atoms with Crippen LogP contribution < -0.4 is 0 Å². The molecule has 0 aromatic rings. The maximum atomic E-state index is 12.4. The van der Waals surface area contributed by atoms with Crippen LogP contribution in [-0.2, 0) is 33.3 Å². The third-order valence-corrected chi connectivity index (χ3v) is 6.33. The van der Waals surface area contributed by atoms with E-state index in [1.807, 2.05) is 0 Å². The summed E-state index contributed by atoms with van der Waals surface area (Å²) in [5, 5.41) is 49.8. The van der Waals surface area contributed by atoms with Crippen molar-refractivity contribution in [3.63, 3.8) is 0 Å². The quantitative estimate of drug-likeness (QED) is 0.213. The fourth-order valence-corrected chi connectivity index (χ4v) is 4.57. The summed E-state index contributed by atoms with van der Waals surface area (Å²) in [6, 6.07) is 0. The van der Waals surface area contributed by atoms with Gasteiger partial charge in [0, 0.05) is 5.92 Å². The number of hydrogen-bond acceptors (Lipinski definition) is 12. The highest BCUT2D eigenvalue weighted by atomic mass is 16.8. The van der Waals surface area contributed by atoms with E-state index in [-0.39, 0.29) is 11.1 Å². The molecule has 12 nitrogen and oxygen atoms in total. The van der Waals surface area contributed by atoms with Gasteiger partial charge in [0.1, 0.15) is 24.4 Å². The summed E-state index contributed by atoms with van der Waals surface area (Å²) in [5.41, 5.74) is -1.30. The number of aliphatic hydroxyl groups is 5.